The third kappa shape index (κ3) is 3.80. The number of rotatable bonds is 4. The summed E-state index contributed by atoms with van der Waals surface area (Å²) >= 11 is 3.55. The Balaban J connectivity index is 1.62. The standard InChI is InChI=1S/C24H19BrN6O/c1-15-20(23(32)28-19-12-5-6-13-26-19)21(17-10-7-11-18(25)14-17)31-24(27-15)29-22(30-31)16-8-3-2-4-9-16/h2-14,21H,1H3,(H,26,28,32)(H,27,29,30). The Morgan fingerprint density at radius 1 is 1.06 bits per heavy atom. The van der Waals surface area contributed by atoms with Crippen molar-refractivity contribution in [3.63, 3.8) is 0 Å². The normalized spacial score (nSPS) is 15.1. The van der Waals surface area contributed by atoms with Gasteiger partial charge in [-0.1, -0.05) is 64.5 Å². The number of hydrogen-bond donors (Lipinski definition) is 2. The van der Waals surface area contributed by atoms with Crippen molar-refractivity contribution in [1.82, 2.24) is 19.7 Å². The van der Waals surface area contributed by atoms with Crippen LogP contribution in [0.2, 0.25) is 0 Å². The Hall–Kier alpha value is -3.78. The Labute approximate surface area is 193 Å². The number of fused-ring (bicyclic) bond motifs is 1. The SMILES string of the molecule is CC1=C(C(=O)Nc2ccccn2)C(c2cccc(Br)c2)n2nc(-c3ccccc3)nc2N1. The van der Waals surface area contributed by atoms with Gasteiger partial charge in [0.15, 0.2) is 5.82 Å². The molecule has 0 bridgehead atoms. The number of aromatic nitrogens is 4. The molecule has 32 heavy (non-hydrogen) atoms. The van der Waals surface area contributed by atoms with E-state index in [1.54, 1.807) is 23.0 Å². The molecule has 0 saturated carbocycles. The van der Waals surface area contributed by atoms with E-state index in [-0.39, 0.29) is 5.91 Å². The molecule has 8 heteroatoms. The number of amides is 1. The predicted molar refractivity (Wildman–Crippen MR) is 127 cm³/mol. The number of carbonyl (C=O) groups excluding carboxylic acids is 1. The van der Waals surface area contributed by atoms with Crippen LogP contribution in [0, 0.1) is 0 Å². The van der Waals surface area contributed by atoms with Gasteiger partial charge in [-0.25, -0.2) is 9.67 Å². The van der Waals surface area contributed by atoms with Crippen LogP contribution in [0.4, 0.5) is 11.8 Å². The number of allylic oxidation sites excluding steroid dienone is 1. The lowest BCUT2D eigenvalue weighted by molar-refractivity contribution is -0.113. The number of anilines is 2. The van der Waals surface area contributed by atoms with E-state index in [4.69, 9.17) is 10.1 Å². The van der Waals surface area contributed by atoms with Crippen LogP contribution in [-0.4, -0.2) is 25.7 Å². The molecule has 1 aliphatic heterocycles. The van der Waals surface area contributed by atoms with E-state index >= 15 is 0 Å². The van der Waals surface area contributed by atoms with Gasteiger partial charge in [0.25, 0.3) is 5.91 Å². The zero-order chi connectivity index (χ0) is 22.1. The van der Waals surface area contributed by atoms with E-state index in [0.717, 1.165) is 15.6 Å². The van der Waals surface area contributed by atoms with Gasteiger partial charge in [-0.15, -0.1) is 5.10 Å². The lowest BCUT2D eigenvalue weighted by Crippen LogP contribution is -2.31. The molecule has 1 amide bonds. The highest BCUT2D eigenvalue weighted by Gasteiger charge is 2.34. The second-order valence-corrected chi connectivity index (χ2v) is 8.28. The molecule has 158 valence electrons. The molecule has 1 unspecified atom stereocenters. The molecule has 1 atom stereocenters. The molecule has 7 nitrogen and oxygen atoms in total. The maximum atomic E-state index is 13.4. The fraction of sp³-hybridized carbons (Fsp3) is 0.0833. The molecular weight excluding hydrogens is 468 g/mol. The number of hydrogen-bond acceptors (Lipinski definition) is 5. The number of nitrogens with one attached hydrogen (secondary N) is 2. The summed E-state index contributed by atoms with van der Waals surface area (Å²) < 4.78 is 2.69. The molecule has 0 radical (unpaired) electrons. The van der Waals surface area contributed by atoms with Crippen LogP contribution in [0.25, 0.3) is 11.4 Å². The quantitative estimate of drug-likeness (QED) is 0.422. The smallest absolute Gasteiger partial charge is 0.257 e. The number of carbonyl (C=O) groups is 1. The fourth-order valence-electron chi connectivity index (χ4n) is 3.76. The fourth-order valence-corrected chi connectivity index (χ4v) is 4.18. The van der Waals surface area contributed by atoms with E-state index in [1.165, 1.54) is 0 Å². The molecule has 2 aromatic carbocycles. The molecule has 0 aliphatic carbocycles. The van der Waals surface area contributed by atoms with E-state index in [0.29, 0.717) is 28.9 Å². The summed E-state index contributed by atoms with van der Waals surface area (Å²) in [5.41, 5.74) is 3.08. The summed E-state index contributed by atoms with van der Waals surface area (Å²) in [4.78, 5) is 22.3. The van der Waals surface area contributed by atoms with Crippen LogP contribution in [0.1, 0.15) is 18.5 Å². The number of benzene rings is 2. The van der Waals surface area contributed by atoms with Crippen LogP contribution in [0.3, 0.4) is 0 Å². The topological polar surface area (TPSA) is 84.7 Å². The minimum Gasteiger partial charge on any atom is -0.328 e. The van der Waals surface area contributed by atoms with Crippen LogP contribution in [0.15, 0.2) is 94.7 Å². The van der Waals surface area contributed by atoms with Crippen molar-refractivity contribution in [2.45, 2.75) is 13.0 Å². The summed E-state index contributed by atoms with van der Waals surface area (Å²) in [5, 5.41) is 10.9. The summed E-state index contributed by atoms with van der Waals surface area (Å²) in [6.07, 6.45) is 1.64. The average molecular weight is 487 g/mol. The Bertz CT molecular complexity index is 1320. The minimum absolute atomic E-state index is 0.249. The first kappa shape index (κ1) is 20.1. The lowest BCUT2D eigenvalue weighted by atomic mass is 9.95. The van der Waals surface area contributed by atoms with Crippen LogP contribution in [0.5, 0.6) is 0 Å². The first-order valence-electron chi connectivity index (χ1n) is 10.1. The number of halogens is 1. The van der Waals surface area contributed by atoms with Crippen molar-refractivity contribution in [2.24, 2.45) is 0 Å². The molecule has 1 aliphatic rings. The molecule has 3 heterocycles. The van der Waals surface area contributed by atoms with Crippen molar-refractivity contribution in [3.8, 4) is 11.4 Å². The van der Waals surface area contributed by atoms with E-state index in [1.807, 2.05) is 67.6 Å². The third-order valence-electron chi connectivity index (χ3n) is 5.20. The van der Waals surface area contributed by atoms with Crippen molar-refractivity contribution < 1.29 is 4.79 Å². The van der Waals surface area contributed by atoms with Gasteiger partial charge < -0.3 is 10.6 Å². The van der Waals surface area contributed by atoms with Crippen LogP contribution in [-0.2, 0) is 4.79 Å². The van der Waals surface area contributed by atoms with Gasteiger partial charge in [0.2, 0.25) is 5.95 Å². The number of pyridine rings is 1. The molecule has 5 rings (SSSR count). The zero-order valence-corrected chi connectivity index (χ0v) is 18.7. The van der Waals surface area contributed by atoms with Gasteiger partial charge in [0.05, 0.1) is 5.57 Å². The first-order chi connectivity index (χ1) is 15.6. The second kappa shape index (κ2) is 8.39. The third-order valence-corrected chi connectivity index (χ3v) is 5.69. The highest BCUT2D eigenvalue weighted by Crippen LogP contribution is 2.37. The molecule has 4 aromatic rings. The van der Waals surface area contributed by atoms with Gasteiger partial charge in [-0.2, -0.15) is 4.98 Å². The Morgan fingerprint density at radius 2 is 1.88 bits per heavy atom. The Kier molecular flexibility index (Phi) is 5.28. The molecule has 0 fully saturated rings. The van der Waals surface area contributed by atoms with E-state index < -0.39 is 6.04 Å². The van der Waals surface area contributed by atoms with Crippen LogP contribution >= 0.6 is 15.9 Å². The monoisotopic (exact) mass is 486 g/mol. The zero-order valence-electron chi connectivity index (χ0n) is 17.2. The van der Waals surface area contributed by atoms with Gasteiger partial charge in [0.1, 0.15) is 11.9 Å². The molecule has 0 saturated heterocycles. The van der Waals surface area contributed by atoms with Crippen molar-refractivity contribution >= 4 is 33.6 Å². The molecule has 2 aromatic heterocycles. The summed E-state index contributed by atoms with van der Waals surface area (Å²) in [7, 11) is 0. The second-order valence-electron chi connectivity index (χ2n) is 7.36. The average Bonchev–Trinajstić information content (AvgIpc) is 3.23. The minimum atomic E-state index is -0.461. The van der Waals surface area contributed by atoms with Gasteiger partial charge in [-0.3, -0.25) is 4.79 Å². The first-order valence-corrected chi connectivity index (χ1v) is 10.9. The maximum Gasteiger partial charge on any atom is 0.257 e. The number of nitrogens with zero attached hydrogens (tertiary/aromatic N) is 4. The predicted octanol–water partition coefficient (Wildman–Crippen LogP) is 5.03. The van der Waals surface area contributed by atoms with Crippen LogP contribution < -0.4 is 10.6 Å². The summed E-state index contributed by atoms with van der Waals surface area (Å²) in [6.45, 7) is 1.87. The van der Waals surface area contributed by atoms with Gasteiger partial charge in [0, 0.05) is 21.9 Å². The van der Waals surface area contributed by atoms with Crippen molar-refractivity contribution in [1.29, 1.82) is 0 Å². The Morgan fingerprint density at radius 3 is 2.62 bits per heavy atom. The van der Waals surface area contributed by atoms with Crippen molar-refractivity contribution in [2.75, 3.05) is 10.6 Å². The van der Waals surface area contributed by atoms with E-state index in [2.05, 4.69) is 31.5 Å². The molecule has 2 N–H and O–H groups in total. The maximum absolute atomic E-state index is 13.4. The highest BCUT2D eigenvalue weighted by atomic mass is 79.9. The summed E-state index contributed by atoms with van der Waals surface area (Å²) in [6, 6.07) is 22.6. The highest BCUT2D eigenvalue weighted by molar-refractivity contribution is 9.10. The lowest BCUT2D eigenvalue weighted by Gasteiger charge is -2.28. The molecular formula is C24H19BrN6O. The van der Waals surface area contributed by atoms with Gasteiger partial charge >= 0.3 is 0 Å². The van der Waals surface area contributed by atoms with E-state index in [9.17, 15) is 4.79 Å². The summed E-state index contributed by atoms with van der Waals surface area (Å²) in [5.74, 6) is 1.41. The van der Waals surface area contributed by atoms with Crippen molar-refractivity contribution in [3.05, 3.63) is 100 Å². The molecule has 0 spiro atoms. The van der Waals surface area contributed by atoms with Gasteiger partial charge in [-0.05, 0) is 36.8 Å². The largest absolute Gasteiger partial charge is 0.328 e.